The molecule has 1 N–H and O–H groups in total. The van der Waals surface area contributed by atoms with E-state index in [4.69, 9.17) is 9.47 Å². The molecule has 0 aliphatic carbocycles. The van der Waals surface area contributed by atoms with E-state index in [9.17, 15) is 8.78 Å². The third-order valence-electron chi connectivity index (χ3n) is 3.63. The highest BCUT2D eigenvalue weighted by atomic mass is 19.1. The molecule has 0 amide bonds. The van der Waals surface area contributed by atoms with Crippen LogP contribution in [-0.2, 0) is 13.7 Å². The average Bonchev–Trinajstić information content (AvgIpc) is 3.04. The van der Waals surface area contributed by atoms with Crippen LogP contribution in [0.15, 0.2) is 30.9 Å². The summed E-state index contributed by atoms with van der Waals surface area (Å²) in [5.74, 6) is -0.860. The van der Waals surface area contributed by atoms with Crippen molar-refractivity contribution in [2.45, 2.75) is 13.5 Å². The summed E-state index contributed by atoms with van der Waals surface area (Å²) in [6.45, 7) is 1.22. The normalized spacial score (nSPS) is 10.7. The maximum absolute atomic E-state index is 14.2. The lowest BCUT2D eigenvalue weighted by Gasteiger charge is -2.12. The number of methoxy groups -OCH3 is 1. The molecule has 3 aromatic rings. The van der Waals surface area contributed by atoms with Crippen LogP contribution in [0.4, 0.5) is 20.4 Å². The first-order valence-electron chi connectivity index (χ1n) is 7.70. The molecule has 0 atom stereocenters. The Kier molecular flexibility index (Phi) is 4.97. The molecule has 0 fully saturated rings. The molecule has 9 heteroatoms. The van der Waals surface area contributed by atoms with Crippen molar-refractivity contribution in [2.75, 3.05) is 12.4 Å². The van der Waals surface area contributed by atoms with Crippen LogP contribution >= 0.6 is 0 Å². The molecule has 0 saturated carbocycles. The summed E-state index contributed by atoms with van der Waals surface area (Å²) in [5, 5.41) is 6.99. The van der Waals surface area contributed by atoms with Gasteiger partial charge in [0.15, 0.2) is 17.3 Å². The number of aromatic nitrogens is 4. The Morgan fingerprint density at radius 1 is 1.15 bits per heavy atom. The van der Waals surface area contributed by atoms with Gasteiger partial charge in [-0.25, -0.2) is 18.7 Å². The second-order valence-electron chi connectivity index (χ2n) is 5.56. The predicted octanol–water partition coefficient (Wildman–Crippen LogP) is 3.13. The summed E-state index contributed by atoms with van der Waals surface area (Å²) >= 11 is 0. The highest BCUT2D eigenvalue weighted by molar-refractivity contribution is 5.50. The lowest BCUT2D eigenvalue weighted by molar-refractivity contribution is 0.285. The van der Waals surface area contributed by atoms with E-state index in [0.29, 0.717) is 5.95 Å². The Morgan fingerprint density at radius 2 is 1.88 bits per heavy atom. The minimum Gasteiger partial charge on any atom is -0.494 e. The van der Waals surface area contributed by atoms with Gasteiger partial charge in [-0.2, -0.15) is 5.10 Å². The van der Waals surface area contributed by atoms with Gasteiger partial charge in [0.05, 0.1) is 37.0 Å². The molecule has 0 bridgehead atoms. The van der Waals surface area contributed by atoms with Gasteiger partial charge < -0.3 is 14.8 Å². The number of ether oxygens (including phenoxy) is 2. The number of anilines is 2. The third kappa shape index (κ3) is 3.71. The number of hydrogen-bond donors (Lipinski definition) is 1. The molecule has 2 aromatic heterocycles. The summed E-state index contributed by atoms with van der Waals surface area (Å²) in [6.07, 6.45) is 6.22. The first-order chi connectivity index (χ1) is 12.5. The molecule has 0 saturated heterocycles. The van der Waals surface area contributed by atoms with Crippen molar-refractivity contribution in [1.82, 2.24) is 19.7 Å². The summed E-state index contributed by atoms with van der Waals surface area (Å²) in [7, 11) is 3.11. The van der Waals surface area contributed by atoms with Crippen LogP contribution in [0.2, 0.25) is 0 Å². The van der Waals surface area contributed by atoms with Crippen LogP contribution < -0.4 is 14.8 Å². The second kappa shape index (κ2) is 7.34. The Balaban J connectivity index is 1.70. The van der Waals surface area contributed by atoms with Crippen LogP contribution in [0.1, 0.15) is 11.1 Å². The van der Waals surface area contributed by atoms with Crippen molar-refractivity contribution >= 4 is 11.6 Å². The molecule has 0 aliphatic heterocycles. The molecule has 0 spiro atoms. The van der Waals surface area contributed by atoms with Crippen LogP contribution in [-0.4, -0.2) is 26.9 Å². The molecular formula is C17H17F2N5O2. The van der Waals surface area contributed by atoms with Crippen LogP contribution in [0.3, 0.4) is 0 Å². The lowest BCUT2D eigenvalue weighted by Crippen LogP contribution is -2.06. The number of hydrogen-bond acceptors (Lipinski definition) is 6. The molecule has 2 heterocycles. The van der Waals surface area contributed by atoms with Gasteiger partial charge in [-0.05, 0) is 18.6 Å². The summed E-state index contributed by atoms with van der Waals surface area (Å²) in [4.78, 5) is 8.19. The molecule has 26 heavy (non-hydrogen) atoms. The van der Waals surface area contributed by atoms with Crippen molar-refractivity contribution in [3.8, 4) is 11.5 Å². The largest absolute Gasteiger partial charge is 0.494 e. The molecule has 7 nitrogen and oxygen atoms in total. The van der Waals surface area contributed by atoms with E-state index in [-0.39, 0.29) is 29.2 Å². The van der Waals surface area contributed by atoms with E-state index >= 15 is 0 Å². The van der Waals surface area contributed by atoms with Crippen LogP contribution in [0, 0.1) is 18.6 Å². The number of nitrogens with zero attached hydrogens (tertiary/aromatic N) is 4. The SMILES string of the molecule is COc1cc(C)c(F)c(COc2cnc(Nc3cnn(C)c3)nc2)c1F. The van der Waals surface area contributed by atoms with Crippen LogP contribution in [0.25, 0.3) is 0 Å². The molecule has 0 aliphatic rings. The third-order valence-corrected chi connectivity index (χ3v) is 3.63. The zero-order valence-corrected chi connectivity index (χ0v) is 14.5. The molecular weight excluding hydrogens is 344 g/mol. The topological polar surface area (TPSA) is 74.1 Å². The molecule has 3 rings (SSSR count). The quantitative estimate of drug-likeness (QED) is 0.727. The maximum Gasteiger partial charge on any atom is 0.227 e. The summed E-state index contributed by atoms with van der Waals surface area (Å²) < 4.78 is 40.4. The molecule has 0 radical (unpaired) electrons. The minimum absolute atomic E-state index is 0.0326. The van der Waals surface area contributed by atoms with E-state index in [1.807, 2.05) is 0 Å². The van der Waals surface area contributed by atoms with Crippen molar-refractivity contribution in [3.05, 3.63) is 53.6 Å². The number of halogens is 2. The van der Waals surface area contributed by atoms with Gasteiger partial charge in [0, 0.05) is 13.2 Å². The zero-order chi connectivity index (χ0) is 18.7. The van der Waals surface area contributed by atoms with E-state index in [0.717, 1.165) is 5.69 Å². The minimum atomic E-state index is -0.786. The second-order valence-corrected chi connectivity index (χ2v) is 5.56. The standard InChI is InChI=1S/C17H17F2N5O2/c1-10-4-14(25-3)16(19)13(15(10)18)9-26-12-6-20-17(21-7-12)23-11-5-22-24(2)8-11/h4-8H,9H2,1-3H3,(H,20,21,23). The van der Waals surface area contributed by atoms with Crippen molar-refractivity contribution in [2.24, 2.45) is 7.05 Å². The van der Waals surface area contributed by atoms with Gasteiger partial charge in [-0.1, -0.05) is 0 Å². The summed E-state index contributed by atoms with van der Waals surface area (Å²) in [6, 6.07) is 1.30. The Labute approximate surface area is 148 Å². The monoisotopic (exact) mass is 361 g/mol. The van der Waals surface area contributed by atoms with E-state index in [2.05, 4.69) is 20.4 Å². The van der Waals surface area contributed by atoms with Gasteiger partial charge in [-0.3, -0.25) is 4.68 Å². The molecule has 136 valence electrons. The van der Waals surface area contributed by atoms with E-state index < -0.39 is 11.6 Å². The molecule has 0 unspecified atom stereocenters. The highest BCUT2D eigenvalue weighted by Crippen LogP contribution is 2.27. The van der Waals surface area contributed by atoms with Crippen molar-refractivity contribution in [3.63, 3.8) is 0 Å². The van der Waals surface area contributed by atoms with Gasteiger partial charge in [0.25, 0.3) is 0 Å². The fourth-order valence-corrected chi connectivity index (χ4v) is 2.31. The van der Waals surface area contributed by atoms with Crippen molar-refractivity contribution in [1.29, 1.82) is 0 Å². The maximum atomic E-state index is 14.2. The Bertz CT molecular complexity index is 912. The number of benzene rings is 1. The smallest absolute Gasteiger partial charge is 0.227 e. The lowest BCUT2D eigenvalue weighted by atomic mass is 10.1. The fraction of sp³-hybridized carbons (Fsp3) is 0.235. The van der Waals surface area contributed by atoms with Gasteiger partial charge in [0.2, 0.25) is 5.95 Å². The predicted molar refractivity (Wildman–Crippen MR) is 90.5 cm³/mol. The highest BCUT2D eigenvalue weighted by Gasteiger charge is 2.18. The van der Waals surface area contributed by atoms with Crippen LogP contribution in [0.5, 0.6) is 11.5 Å². The average molecular weight is 361 g/mol. The Morgan fingerprint density at radius 3 is 2.50 bits per heavy atom. The first kappa shape index (κ1) is 17.6. The van der Waals surface area contributed by atoms with E-state index in [1.54, 1.807) is 24.1 Å². The fourth-order valence-electron chi connectivity index (χ4n) is 2.31. The molecule has 1 aromatic carbocycles. The number of rotatable bonds is 6. The summed E-state index contributed by atoms with van der Waals surface area (Å²) in [5.41, 5.74) is 0.797. The zero-order valence-electron chi connectivity index (χ0n) is 14.5. The number of aryl methyl sites for hydroxylation is 2. The van der Waals surface area contributed by atoms with Gasteiger partial charge in [-0.15, -0.1) is 0 Å². The van der Waals surface area contributed by atoms with Crippen molar-refractivity contribution < 1.29 is 18.3 Å². The van der Waals surface area contributed by atoms with E-state index in [1.165, 1.54) is 32.5 Å². The van der Waals surface area contributed by atoms with Gasteiger partial charge >= 0.3 is 0 Å². The Hall–Kier alpha value is -3.23. The van der Waals surface area contributed by atoms with Gasteiger partial charge in [0.1, 0.15) is 12.4 Å². The number of nitrogens with one attached hydrogen (secondary N) is 1. The first-order valence-corrected chi connectivity index (χ1v) is 7.70.